The number of carbonyl (C=O) groups excluding carboxylic acids is 2. The molecule has 31 heavy (non-hydrogen) atoms. The normalized spacial score (nSPS) is 13.1. The Morgan fingerprint density at radius 2 is 2.00 bits per heavy atom. The van der Waals surface area contributed by atoms with Crippen LogP contribution in [0.15, 0.2) is 47.1 Å². The zero-order valence-electron chi connectivity index (χ0n) is 18.0. The summed E-state index contributed by atoms with van der Waals surface area (Å²) in [6.45, 7) is 4.63. The minimum absolute atomic E-state index is 0.233. The number of benzene rings is 1. The standard InChI is InChI=1S/C24H26N2O5/c1-16-12-21(17(2)26(16)14-20-7-5-11-30-20)24(28)31-15-23(27)25-10-4-6-18-13-19(29-3)8-9-22(18)25/h5,7-9,11-13H,4,6,10,14-15H2,1-3H3. The fraction of sp³-hybridized carbons (Fsp3) is 0.333. The topological polar surface area (TPSA) is 73.9 Å². The second-order valence-corrected chi connectivity index (χ2v) is 7.67. The van der Waals surface area contributed by atoms with Gasteiger partial charge in [0.15, 0.2) is 6.61 Å². The number of ether oxygens (including phenoxy) is 2. The predicted octanol–water partition coefficient (Wildman–Crippen LogP) is 3.89. The minimum Gasteiger partial charge on any atom is -0.497 e. The van der Waals surface area contributed by atoms with Crippen molar-refractivity contribution in [2.45, 2.75) is 33.2 Å². The lowest BCUT2D eigenvalue weighted by molar-refractivity contribution is -0.121. The van der Waals surface area contributed by atoms with Crippen molar-refractivity contribution >= 4 is 17.6 Å². The minimum atomic E-state index is -0.501. The molecule has 1 aliphatic heterocycles. The van der Waals surface area contributed by atoms with Crippen LogP contribution < -0.4 is 9.64 Å². The van der Waals surface area contributed by atoms with Crippen LogP contribution in [0.1, 0.15) is 39.5 Å². The van der Waals surface area contributed by atoms with E-state index in [2.05, 4.69) is 0 Å². The number of aryl methyl sites for hydroxylation is 2. The molecule has 0 atom stereocenters. The van der Waals surface area contributed by atoms with E-state index >= 15 is 0 Å². The molecule has 0 fully saturated rings. The molecule has 4 rings (SSSR count). The fourth-order valence-electron chi connectivity index (χ4n) is 4.05. The van der Waals surface area contributed by atoms with Gasteiger partial charge in [0.2, 0.25) is 0 Å². The van der Waals surface area contributed by atoms with Crippen molar-refractivity contribution < 1.29 is 23.5 Å². The first-order valence-electron chi connectivity index (χ1n) is 10.3. The molecule has 0 saturated heterocycles. The van der Waals surface area contributed by atoms with E-state index in [1.807, 2.05) is 48.7 Å². The van der Waals surface area contributed by atoms with Crippen LogP contribution in [0, 0.1) is 13.8 Å². The molecule has 0 bridgehead atoms. The highest BCUT2D eigenvalue weighted by molar-refractivity contribution is 5.98. The van der Waals surface area contributed by atoms with Gasteiger partial charge >= 0.3 is 5.97 Å². The molecule has 0 spiro atoms. The second kappa shape index (κ2) is 8.71. The molecule has 1 aromatic carbocycles. The van der Waals surface area contributed by atoms with E-state index in [-0.39, 0.29) is 12.5 Å². The number of aromatic nitrogens is 1. The molecule has 0 aliphatic carbocycles. The number of nitrogens with zero attached hydrogens (tertiary/aromatic N) is 2. The van der Waals surface area contributed by atoms with Gasteiger partial charge in [0.25, 0.3) is 5.91 Å². The van der Waals surface area contributed by atoms with Crippen LogP contribution in [0.2, 0.25) is 0 Å². The van der Waals surface area contributed by atoms with Crippen molar-refractivity contribution in [3.63, 3.8) is 0 Å². The van der Waals surface area contributed by atoms with Gasteiger partial charge in [-0.2, -0.15) is 0 Å². The maximum Gasteiger partial charge on any atom is 0.340 e. The van der Waals surface area contributed by atoms with Crippen LogP contribution in [0.5, 0.6) is 5.75 Å². The second-order valence-electron chi connectivity index (χ2n) is 7.67. The van der Waals surface area contributed by atoms with Crippen LogP contribution >= 0.6 is 0 Å². The Hall–Kier alpha value is -3.48. The lowest BCUT2D eigenvalue weighted by atomic mass is 10.0. The lowest BCUT2D eigenvalue weighted by Crippen LogP contribution is -2.38. The van der Waals surface area contributed by atoms with Gasteiger partial charge in [-0.15, -0.1) is 0 Å². The molecule has 2 aromatic heterocycles. The highest BCUT2D eigenvalue weighted by Crippen LogP contribution is 2.30. The number of esters is 1. The van der Waals surface area contributed by atoms with Crippen LogP contribution in [0.25, 0.3) is 0 Å². The predicted molar refractivity (Wildman–Crippen MR) is 116 cm³/mol. The summed E-state index contributed by atoms with van der Waals surface area (Å²) in [5, 5.41) is 0. The molecule has 1 amide bonds. The molecule has 1 aliphatic rings. The molecular formula is C24H26N2O5. The van der Waals surface area contributed by atoms with Gasteiger partial charge in [0.1, 0.15) is 11.5 Å². The molecule has 3 aromatic rings. The van der Waals surface area contributed by atoms with Gasteiger partial charge in [-0.3, -0.25) is 4.79 Å². The van der Waals surface area contributed by atoms with E-state index in [4.69, 9.17) is 13.9 Å². The highest BCUT2D eigenvalue weighted by atomic mass is 16.5. The van der Waals surface area contributed by atoms with Crippen molar-refractivity contribution in [1.29, 1.82) is 0 Å². The Morgan fingerprint density at radius 3 is 2.74 bits per heavy atom. The molecule has 0 saturated carbocycles. The smallest absolute Gasteiger partial charge is 0.340 e. The quantitative estimate of drug-likeness (QED) is 0.564. The van der Waals surface area contributed by atoms with Gasteiger partial charge in [0, 0.05) is 23.6 Å². The first-order chi connectivity index (χ1) is 15.0. The maximum absolute atomic E-state index is 12.8. The lowest BCUT2D eigenvalue weighted by Gasteiger charge is -2.29. The number of carbonyl (C=O) groups is 2. The summed E-state index contributed by atoms with van der Waals surface area (Å²) < 4.78 is 18.1. The maximum atomic E-state index is 12.8. The number of rotatable bonds is 6. The van der Waals surface area contributed by atoms with Crippen LogP contribution in [-0.2, 0) is 22.5 Å². The van der Waals surface area contributed by atoms with Gasteiger partial charge in [-0.1, -0.05) is 0 Å². The molecule has 3 heterocycles. The first kappa shape index (κ1) is 20.8. The average Bonchev–Trinajstić information content (AvgIpc) is 3.40. The molecule has 0 N–H and O–H groups in total. The number of hydrogen-bond donors (Lipinski definition) is 0. The highest BCUT2D eigenvalue weighted by Gasteiger charge is 2.25. The number of anilines is 1. The summed E-state index contributed by atoms with van der Waals surface area (Å²) in [6, 6.07) is 11.2. The SMILES string of the molecule is COc1ccc2c(c1)CCCN2C(=O)COC(=O)c1cc(C)n(Cc2ccco2)c1C. The molecule has 7 heteroatoms. The molecule has 0 radical (unpaired) electrons. The number of amides is 1. The number of fused-ring (bicyclic) bond motifs is 1. The van der Waals surface area contributed by atoms with Crippen molar-refractivity contribution in [3.8, 4) is 5.75 Å². The number of furan rings is 1. The molecular weight excluding hydrogens is 396 g/mol. The summed E-state index contributed by atoms with van der Waals surface area (Å²) in [5.74, 6) is 0.838. The Labute approximate surface area is 181 Å². The summed E-state index contributed by atoms with van der Waals surface area (Å²) in [5.41, 5.74) is 4.07. The summed E-state index contributed by atoms with van der Waals surface area (Å²) >= 11 is 0. The van der Waals surface area contributed by atoms with Gasteiger partial charge < -0.3 is 23.4 Å². The van der Waals surface area contributed by atoms with Crippen molar-refractivity contribution in [2.24, 2.45) is 0 Å². The number of hydrogen-bond acceptors (Lipinski definition) is 5. The van der Waals surface area contributed by atoms with E-state index in [1.165, 1.54) is 0 Å². The third-order valence-electron chi connectivity index (χ3n) is 5.72. The molecule has 7 nitrogen and oxygen atoms in total. The Morgan fingerprint density at radius 1 is 1.16 bits per heavy atom. The number of methoxy groups -OCH3 is 1. The summed E-state index contributed by atoms with van der Waals surface area (Å²) in [6.07, 6.45) is 3.37. The van der Waals surface area contributed by atoms with E-state index in [1.54, 1.807) is 24.3 Å². The Kier molecular flexibility index (Phi) is 5.84. The Balaban J connectivity index is 1.43. The van der Waals surface area contributed by atoms with Gasteiger partial charge in [-0.05, 0) is 68.7 Å². The largest absolute Gasteiger partial charge is 0.497 e. The molecule has 162 valence electrons. The van der Waals surface area contributed by atoms with Gasteiger partial charge in [0.05, 0.1) is 25.5 Å². The monoisotopic (exact) mass is 422 g/mol. The zero-order valence-corrected chi connectivity index (χ0v) is 18.0. The van der Waals surface area contributed by atoms with E-state index in [0.29, 0.717) is 18.7 Å². The van der Waals surface area contributed by atoms with Crippen molar-refractivity contribution in [2.75, 3.05) is 25.2 Å². The fourth-order valence-corrected chi connectivity index (χ4v) is 4.05. The van der Waals surface area contributed by atoms with Crippen molar-refractivity contribution in [3.05, 3.63) is 70.9 Å². The van der Waals surface area contributed by atoms with E-state index in [9.17, 15) is 9.59 Å². The summed E-state index contributed by atoms with van der Waals surface area (Å²) in [7, 11) is 1.62. The Bertz CT molecular complexity index is 1100. The zero-order chi connectivity index (χ0) is 22.0. The van der Waals surface area contributed by atoms with E-state index < -0.39 is 5.97 Å². The third kappa shape index (κ3) is 4.21. The third-order valence-corrected chi connectivity index (χ3v) is 5.72. The van der Waals surface area contributed by atoms with Crippen molar-refractivity contribution in [1.82, 2.24) is 4.57 Å². The summed E-state index contributed by atoms with van der Waals surface area (Å²) in [4.78, 5) is 27.2. The van der Waals surface area contributed by atoms with Crippen LogP contribution in [0.3, 0.4) is 0 Å². The molecule has 0 unspecified atom stereocenters. The first-order valence-corrected chi connectivity index (χ1v) is 10.3. The van der Waals surface area contributed by atoms with Crippen LogP contribution in [0.4, 0.5) is 5.69 Å². The van der Waals surface area contributed by atoms with Gasteiger partial charge in [-0.25, -0.2) is 4.79 Å². The van der Waals surface area contributed by atoms with E-state index in [0.717, 1.165) is 47.0 Å². The van der Waals surface area contributed by atoms with Crippen LogP contribution in [-0.4, -0.2) is 36.7 Å². The average molecular weight is 422 g/mol.